The molecule has 0 amide bonds. The Morgan fingerprint density at radius 2 is 2.11 bits per heavy atom. The Labute approximate surface area is 175 Å². The molecule has 152 valence electrons. The second-order valence-electron chi connectivity index (χ2n) is 6.46. The fourth-order valence-corrected chi connectivity index (χ4v) is 3.52. The van der Waals surface area contributed by atoms with Crippen LogP contribution in [0.5, 0.6) is 5.75 Å². The summed E-state index contributed by atoms with van der Waals surface area (Å²) in [5.41, 5.74) is 0.869. The smallest absolute Gasteiger partial charge is 0.387 e. The van der Waals surface area contributed by atoms with Gasteiger partial charge in [-0.1, -0.05) is 12.1 Å². The predicted molar refractivity (Wildman–Crippen MR) is 111 cm³/mol. The van der Waals surface area contributed by atoms with Crippen molar-refractivity contribution in [1.29, 1.82) is 0 Å². The molecule has 0 bridgehead atoms. The Hall–Kier alpha value is -1.20. The lowest BCUT2D eigenvalue weighted by molar-refractivity contribution is -0.0498. The van der Waals surface area contributed by atoms with Crippen LogP contribution in [0.3, 0.4) is 0 Å². The number of nitrogens with zero attached hydrogens (tertiary/aromatic N) is 3. The Bertz CT molecular complexity index is 615. The molecule has 2 fully saturated rings. The minimum absolute atomic E-state index is 0. The van der Waals surface area contributed by atoms with Crippen LogP contribution in [0, 0.1) is 0 Å². The van der Waals surface area contributed by atoms with Crippen molar-refractivity contribution in [3.8, 4) is 5.75 Å². The molecule has 1 atom stereocenters. The zero-order valence-corrected chi connectivity index (χ0v) is 17.8. The van der Waals surface area contributed by atoms with Gasteiger partial charge in [-0.05, 0) is 24.1 Å². The Kier molecular flexibility index (Phi) is 8.97. The van der Waals surface area contributed by atoms with E-state index in [9.17, 15) is 8.78 Å². The van der Waals surface area contributed by atoms with Crippen LogP contribution >= 0.6 is 24.0 Å². The maximum absolute atomic E-state index is 12.3. The summed E-state index contributed by atoms with van der Waals surface area (Å²) >= 11 is 0. The minimum atomic E-state index is -2.81. The molecule has 0 saturated carbocycles. The van der Waals surface area contributed by atoms with Crippen LogP contribution in [0.4, 0.5) is 8.78 Å². The number of aliphatic imine (C=N–C) groups is 1. The lowest BCUT2D eigenvalue weighted by Gasteiger charge is -2.32. The summed E-state index contributed by atoms with van der Waals surface area (Å²) < 4.78 is 34.6. The van der Waals surface area contributed by atoms with Crippen molar-refractivity contribution in [2.45, 2.75) is 25.6 Å². The molecule has 27 heavy (non-hydrogen) atoms. The molecule has 6 nitrogen and oxygen atoms in total. The van der Waals surface area contributed by atoms with Crippen LogP contribution in [-0.2, 0) is 11.3 Å². The van der Waals surface area contributed by atoms with Gasteiger partial charge in [-0.25, -0.2) is 0 Å². The van der Waals surface area contributed by atoms with Crippen molar-refractivity contribution in [2.24, 2.45) is 4.99 Å². The molecule has 1 aromatic carbocycles. The first-order chi connectivity index (χ1) is 12.7. The molecule has 0 aromatic heterocycles. The summed E-state index contributed by atoms with van der Waals surface area (Å²) in [6.07, 6.45) is 1.11. The van der Waals surface area contributed by atoms with E-state index in [1.165, 1.54) is 6.07 Å². The summed E-state index contributed by atoms with van der Waals surface area (Å²) in [5.74, 6) is 1.00. The molecule has 0 aliphatic carbocycles. The number of alkyl halides is 2. The maximum atomic E-state index is 12.3. The van der Waals surface area contributed by atoms with E-state index in [-0.39, 0.29) is 29.7 Å². The van der Waals surface area contributed by atoms with Gasteiger partial charge in [0.1, 0.15) is 5.75 Å². The third kappa shape index (κ3) is 6.42. The second-order valence-corrected chi connectivity index (χ2v) is 6.46. The van der Waals surface area contributed by atoms with Gasteiger partial charge >= 0.3 is 6.61 Å². The average Bonchev–Trinajstić information content (AvgIpc) is 3.13. The van der Waals surface area contributed by atoms with Crippen LogP contribution < -0.4 is 10.1 Å². The van der Waals surface area contributed by atoms with Crippen molar-refractivity contribution >= 4 is 29.9 Å². The number of morpholine rings is 1. The number of benzene rings is 1. The summed E-state index contributed by atoms with van der Waals surface area (Å²) in [5, 5.41) is 3.32. The molecule has 1 unspecified atom stereocenters. The van der Waals surface area contributed by atoms with Crippen molar-refractivity contribution in [3.63, 3.8) is 0 Å². The normalized spacial score (nSPS) is 21.3. The van der Waals surface area contributed by atoms with Crippen LogP contribution in [0.25, 0.3) is 0 Å². The van der Waals surface area contributed by atoms with Crippen LogP contribution in [0.2, 0.25) is 0 Å². The van der Waals surface area contributed by atoms with Crippen LogP contribution in [-0.4, -0.2) is 74.9 Å². The number of rotatable bonds is 5. The number of halogens is 3. The van der Waals surface area contributed by atoms with Crippen molar-refractivity contribution in [1.82, 2.24) is 15.1 Å². The highest BCUT2D eigenvalue weighted by atomic mass is 127. The Morgan fingerprint density at radius 3 is 2.81 bits per heavy atom. The first kappa shape index (κ1) is 22.1. The number of likely N-dealkylation sites (tertiary alicyclic amines) is 1. The minimum Gasteiger partial charge on any atom is -0.435 e. The van der Waals surface area contributed by atoms with Crippen molar-refractivity contribution in [3.05, 3.63) is 29.8 Å². The number of hydrogen-bond acceptors (Lipinski definition) is 4. The average molecular weight is 496 g/mol. The molecular weight excluding hydrogens is 469 g/mol. The fourth-order valence-electron chi connectivity index (χ4n) is 3.52. The third-order valence-electron chi connectivity index (χ3n) is 4.81. The summed E-state index contributed by atoms with van der Waals surface area (Å²) in [6, 6.07) is 7.26. The van der Waals surface area contributed by atoms with E-state index < -0.39 is 6.61 Å². The molecule has 0 spiro atoms. The standard InChI is InChI=1S/C18H26F2N4O2.HI/c1-21-18(22-12-14-3-2-4-16(11-14)26-17(19)20)24-6-5-15(13-24)23-7-9-25-10-8-23;/h2-4,11,15,17H,5-10,12-13H2,1H3,(H,21,22);1H. The molecule has 0 radical (unpaired) electrons. The van der Waals surface area contributed by atoms with Crippen molar-refractivity contribution < 1.29 is 18.3 Å². The quantitative estimate of drug-likeness (QED) is 0.386. The van der Waals surface area contributed by atoms with Crippen molar-refractivity contribution in [2.75, 3.05) is 46.4 Å². The topological polar surface area (TPSA) is 49.3 Å². The molecule has 1 N–H and O–H groups in total. The van der Waals surface area contributed by atoms with E-state index in [1.807, 2.05) is 6.07 Å². The molecule has 3 rings (SSSR count). The predicted octanol–water partition coefficient (Wildman–Crippen LogP) is 2.39. The molecule has 9 heteroatoms. The number of guanidine groups is 1. The van der Waals surface area contributed by atoms with Gasteiger partial charge in [0.05, 0.1) is 13.2 Å². The van der Waals surface area contributed by atoms with Gasteiger partial charge in [0.25, 0.3) is 0 Å². The number of ether oxygens (including phenoxy) is 2. The number of nitrogens with one attached hydrogen (secondary N) is 1. The zero-order chi connectivity index (χ0) is 18.4. The fraction of sp³-hybridized carbons (Fsp3) is 0.611. The number of hydrogen-bond donors (Lipinski definition) is 1. The molecule has 2 aliphatic rings. The van der Waals surface area contributed by atoms with Gasteiger partial charge in [-0.3, -0.25) is 9.89 Å². The third-order valence-corrected chi connectivity index (χ3v) is 4.81. The van der Waals surface area contributed by atoms with Gasteiger partial charge in [0.2, 0.25) is 0 Å². The molecule has 2 aliphatic heterocycles. The zero-order valence-electron chi connectivity index (χ0n) is 15.4. The van der Waals surface area contributed by atoms with E-state index in [0.717, 1.165) is 57.3 Å². The summed E-state index contributed by atoms with van der Waals surface area (Å²) in [4.78, 5) is 9.11. The lowest BCUT2D eigenvalue weighted by Crippen LogP contribution is -2.46. The Balaban J connectivity index is 0.00000261. The highest BCUT2D eigenvalue weighted by Gasteiger charge is 2.30. The van der Waals surface area contributed by atoms with Gasteiger partial charge in [-0.15, -0.1) is 24.0 Å². The molecule has 2 saturated heterocycles. The highest BCUT2D eigenvalue weighted by molar-refractivity contribution is 14.0. The van der Waals surface area contributed by atoms with Gasteiger partial charge in [0, 0.05) is 45.8 Å². The van der Waals surface area contributed by atoms with E-state index in [2.05, 4.69) is 24.8 Å². The van der Waals surface area contributed by atoms with E-state index in [0.29, 0.717) is 12.6 Å². The van der Waals surface area contributed by atoms with E-state index in [1.54, 1.807) is 19.2 Å². The highest BCUT2D eigenvalue weighted by Crippen LogP contribution is 2.18. The summed E-state index contributed by atoms with van der Waals surface area (Å²) in [6.45, 7) is 3.17. The first-order valence-electron chi connectivity index (χ1n) is 8.97. The monoisotopic (exact) mass is 496 g/mol. The second kappa shape index (κ2) is 11.0. The van der Waals surface area contributed by atoms with E-state index in [4.69, 9.17) is 4.74 Å². The first-order valence-corrected chi connectivity index (χ1v) is 8.97. The Morgan fingerprint density at radius 1 is 1.33 bits per heavy atom. The van der Waals surface area contributed by atoms with Crippen LogP contribution in [0.1, 0.15) is 12.0 Å². The van der Waals surface area contributed by atoms with Crippen LogP contribution in [0.15, 0.2) is 29.3 Å². The molecular formula is C18H27F2IN4O2. The van der Waals surface area contributed by atoms with E-state index >= 15 is 0 Å². The SMILES string of the molecule is CN=C(NCc1cccc(OC(F)F)c1)N1CCC(N2CCOCC2)C1.I. The molecule has 1 aromatic rings. The maximum Gasteiger partial charge on any atom is 0.387 e. The lowest BCUT2D eigenvalue weighted by atomic mass is 10.2. The largest absolute Gasteiger partial charge is 0.435 e. The summed E-state index contributed by atoms with van der Waals surface area (Å²) in [7, 11) is 1.76. The molecule has 2 heterocycles. The van der Waals surface area contributed by atoms with Gasteiger partial charge in [0.15, 0.2) is 5.96 Å². The van der Waals surface area contributed by atoms with Gasteiger partial charge < -0.3 is 19.7 Å². The van der Waals surface area contributed by atoms with Gasteiger partial charge in [-0.2, -0.15) is 8.78 Å².